The summed E-state index contributed by atoms with van der Waals surface area (Å²) in [4.78, 5) is 15.9. The summed E-state index contributed by atoms with van der Waals surface area (Å²) in [5.41, 5.74) is 4.13. The molecule has 21 heavy (non-hydrogen) atoms. The molecule has 0 unspecified atom stereocenters. The molecule has 2 heterocycles. The maximum Gasteiger partial charge on any atom is 0.250 e. The molecule has 0 aliphatic rings. The first-order chi connectivity index (χ1) is 10.1. The Labute approximate surface area is 123 Å². The first-order valence-corrected chi connectivity index (χ1v) is 6.89. The number of aromatic nitrogens is 2. The van der Waals surface area contributed by atoms with Crippen LogP contribution in [-0.4, -0.2) is 9.55 Å². The number of anilines is 1. The predicted octanol–water partition coefficient (Wildman–Crippen LogP) is 2.85. The molecule has 0 fully saturated rings. The van der Waals surface area contributed by atoms with Crippen molar-refractivity contribution in [3.63, 3.8) is 0 Å². The standard InChI is InChI=1S/C17H17N3O/c1-12-9-13(15-5-3-4-6-16(15)19-12)10-18-14-7-8-17(21)20(2)11-14/h3-9,11,18H,10H2,1-2H3. The summed E-state index contributed by atoms with van der Waals surface area (Å²) in [6.45, 7) is 2.70. The minimum Gasteiger partial charge on any atom is -0.380 e. The van der Waals surface area contributed by atoms with Crippen molar-refractivity contribution in [2.75, 3.05) is 5.32 Å². The fourth-order valence-electron chi connectivity index (χ4n) is 2.44. The molecule has 0 bridgehead atoms. The molecule has 0 saturated carbocycles. The summed E-state index contributed by atoms with van der Waals surface area (Å²) in [6.07, 6.45) is 1.80. The number of hydrogen-bond acceptors (Lipinski definition) is 3. The third kappa shape index (κ3) is 2.79. The van der Waals surface area contributed by atoms with Gasteiger partial charge in [-0.15, -0.1) is 0 Å². The average molecular weight is 279 g/mol. The van der Waals surface area contributed by atoms with Crippen LogP contribution in [0.3, 0.4) is 0 Å². The molecule has 0 atom stereocenters. The Morgan fingerprint density at radius 1 is 1.19 bits per heavy atom. The zero-order valence-electron chi connectivity index (χ0n) is 12.1. The topological polar surface area (TPSA) is 46.9 Å². The number of rotatable bonds is 3. The lowest BCUT2D eigenvalue weighted by molar-refractivity contribution is 0.859. The van der Waals surface area contributed by atoms with Crippen LogP contribution in [0.4, 0.5) is 5.69 Å². The van der Waals surface area contributed by atoms with Crippen LogP contribution in [0.2, 0.25) is 0 Å². The second-order valence-electron chi connectivity index (χ2n) is 5.16. The number of hydrogen-bond donors (Lipinski definition) is 1. The smallest absolute Gasteiger partial charge is 0.250 e. The number of aryl methyl sites for hydroxylation is 2. The zero-order chi connectivity index (χ0) is 14.8. The molecule has 1 N–H and O–H groups in total. The van der Waals surface area contributed by atoms with Gasteiger partial charge in [-0.05, 0) is 30.7 Å². The largest absolute Gasteiger partial charge is 0.380 e. The predicted molar refractivity (Wildman–Crippen MR) is 85.5 cm³/mol. The van der Waals surface area contributed by atoms with Gasteiger partial charge in [0.25, 0.3) is 0 Å². The molecule has 0 saturated heterocycles. The van der Waals surface area contributed by atoms with E-state index in [1.807, 2.05) is 25.1 Å². The second kappa shape index (κ2) is 5.40. The number of pyridine rings is 2. The number of benzene rings is 1. The molecule has 4 nitrogen and oxygen atoms in total. The monoisotopic (exact) mass is 279 g/mol. The highest BCUT2D eigenvalue weighted by atomic mass is 16.1. The van der Waals surface area contributed by atoms with E-state index in [-0.39, 0.29) is 5.56 Å². The average Bonchev–Trinajstić information content (AvgIpc) is 2.48. The molecule has 3 rings (SSSR count). The van der Waals surface area contributed by atoms with Crippen molar-refractivity contribution in [2.45, 2.75) is 13.5 Å². The highest BCUT2D eigenvalue weighted by molar-refractivity contribution is 5.82. The Kier molecular flexibility index (Phi) is 3.44. The van der Waals surface area contributed by atoms with Crippen molar-refractivity contribution in [3.8, 4) is 0 Å². The Hall–Kier alpha value is -2.62. The molecule has 0 amide bonds. The molecule has 0 aliphatic carbocycles. The van der Waals surface area contributed by atoms with Crippen LogP contribution in [0.25, 0.3) is 10.9 Å². The van der Waals surface area contributed by atoms with Crippen LogP contribution in [0, 0.1) is 6.92 Å². The number of para-hydroxylation sites is 1. The lowest BCUT2D eigenvalue weighted by Crippen LogP contribution is -2.15. The van der Waals surface area contributed by atoms with Crippen molar-refractivity contribution in [2.24, 2.45) is 7.05 Å². The molecule has 4 heteroatoms. The maximum atomic E-state index is 11.4. The number of nitrogens with one attached hydrogen (secondary N) is 1. The third-order valence-corrected chi connectivity index (χ3v) is 3.50. The molecule has 1 aromatic carbocycles. The molecule has 0 radical (unpaired) electrons. The van der Waals surface area contributed by atoms with Gasteiger partial charge in [-0.25, -0.2) is 0 Å². The molecule has 2 aromatic heterocycles. The van der Waals surface area contributed by atoms with Gasteiger partial charge in [0.15, 0.2) is 0 Å². The van der Waals surface area contributed by atoms with Crippen LogP contribution in [0.1, 0.15) is 11.3 Å². The third-order valence-electron chi connectivity index (χ3n) is 3.50. The Morgan fingerprint density at radius 3 is 2.81 bits per heavy atom. The van der Waals surface area contributed by atoms with Crippen LogP contribution in [0.15, 0.2) is 53.5 Å². The van der Waals surface area contributed by atoms with E-state index in [1.54, 1.807) is 29.9 Å². The van der Waals surface area contributed by atoms with E-state index in [0.717, 1.165) is 22.3 Å². The Bertz CT molecular complexity index is 852. The lowest BCUT2D eigenvalue weighted by atomic mass is 10.1. The quantitative estimate of drug-likeness (QED) is 0.802. The van der Waals surface area contributed by atoms with E-state index >= 15 is 0 Å². The first-order valence-electron chi connectivity index (χ1n) is 6.89. The van der Waals surface area contributed by atoms with Crippen LogP contribution >= 0.6 is 0 Å². The summed E-state index contributed by atoms with van der Waals surface area (Å²) in [7, 11) is 1.75. The van der Waals surface area contributed by atoms with Crippen molar-refractivity contribution < 1.29 is 0 Å². The maximum absolute atomic E-state index is 11.4. The van der Waals surface area contributed by atoms with Crippen LogP contribution in [-0.2, 0) is 13.6 Å². The van der Waals surface area contributed by atoms with Crippen molar-refractivity contribution in [1.82, 2.24) is 9.55 Å². The molecular formula is C17H17N3O. The minimum atomic E-state index is -0.00856. The van der Waals surface area contributed by atoms with Gasteiger partial charge >= 0.3 is 0 Å². The van der Waals surface area contributed by atoms with Gasteiger partial charge in [0, 0.05) is 36.9 Å². The lowest BCUT2D eigenvalue weighted by Gasteiger charge is -2.11. The first kappa shape index (κ1) is 13.4. The fraction of sp³-hybridized carbons (Fsp3) is 0.176. The fourth-order valence-corrected chi connectivity index (χ4v) is 2.44. The van der Waals surface area contributed by atoms with Gasteiger partial charge in [0.2, 0.25) is 5.56 Å². The van der Waals surface area contributed by atoms with Crippen LogP contribution < -0.4 is 10.9 Å². The normalized spacial score (nSPS) is 10.8. The second-order valence-corrected chi connectivity index (χ2v) is 5.16. The van der Waals surface area contributed by atoms with E-state index in [0.29, 0.717) is 6.54 Å². The van der Waals surface area contributed by atoms with Gasteiger partial charge in [0.1, 0.15) is 0 Å². The van der Waals surface area contributed by atoms with E-state index in [2.05, 4.69) is 22.4 Å². The molecule has 0 spiro atoms. The number of nitrogens with zero attached hydrogens (tertiary/aromatic N) is 2. The van der Waals surface area contributed by atoms with E-state index in [1.165, 1.54) is 5.56 Å². The van der Waals surface area contributed by atoms with Gasteiger partial charge in [-0.1, -0.05) is 18.2 Å². The number of fused-ring (bicyclic) bond motifs is 1. The summed E-state index contributed by atoms with van der Waals surface area (Å²) in [5.74, 6) is 0. The van der Waals surface area contributed by atoms with E-state index in [4.69, 9.17) is 0 Å². The van der Waals surface area contributed by atoms with E-state index < -0.39 is 0 Å². The zero-order valence-corrected chi connectivity index (χ0v) is 12.1. The summed E-state index contributed by atoms with van der Waals surface area (Å²) in [6, 6.07) is 13.6. The van der Waals surface area contributed by atoms with Gasteiger partial charge < -0.3 is 9.88 Å². The Balaban J connectivity index is 1.91. The van der Waals surface area contributed by atoms with Crippen molar-refractivity contribution in [1.29, 1.82) is 0 Å². The van der Waals surface area contributed by atoms with Crippen molar-refractivity contribution >= 4 is 16.6 Å². The van der Waals surface area contributed by atoms with Crippen LogP contribution in [0.5, 0.6) is 0 Å². The Morgan fingerprint density at radius 2 is 2.00 bits per heavy atom. The summed E-state index contributed by atoms with van der Waals surface area (Å²) >= 11 is 0. The van der Waals surface area contributed by atoms with Crippen molar-refractivity contribution in [3.05, 3.63) is 70.3 Å². The summed E-state index contributed by atoms with van der Waals surface area (Å²) in [5, 5.41) is 4.51. The SMILES string of the molecule is Cc1cc(CNc2ccc(=O)n(C)c2)c2ccccc2n1. The minimum absolute atomic E-state index is 0.00856. The molecular weight excluding hydrogens is 262 g/mol. The highest BCUT2D eigenvalue weighted by Crippen LogP contribution is 2.19. The molecule has 106 valence electrons. The van der Waals surface area contributed by atoms with Gasteiger partial charge in [-0.3, -0.25) is 9.78 Å². The summed E-state index contributed by atoms with van der Waals surface area (Å²) < 4.78 is 1.57. The highest BCUT2D eigenvalue weighted by Gasteiger charge is 2.04. The molecule has 0 aliphatic heterocycles. The molecule has 3 aromatic rings. The van der Waals surface area contributed by atoms with E-state index in [9.17, 15) is 4.79 Å². The van der Waals surface area contributed by atoms with Gasteiger partial charge in [0.05, 0.1) is 11.2 Å². The van der Waals surface area contributed by atoms with Gasteiger partial charge in [-0.2, -0.15) is 0 Å².